The van der Waals surface area contributed by atoms with Gasteiger partial charge in [0.15, 0.2) is 0 Å². The molecule has 2 nitrogen and oxygen atoms in total. The molecule has 2 rings (SSSR count). The van der Waals surface area contributed by atoms with Crippen molar-refractivity contribution < 1.29 is 13.2 Å². The van der Waals surface area contributed by atoms with Crippen LogP contribution in [0.2, 0.25) is 0 Å². The largest absolute Gasteiger partial charge is 0.314 e. The summed E-state index contributed by atoms with van der Waals surface area (Å²) in [4.78, 5) is 2.02. The third kappa shape index (κ3) is 3.41. The fourth-order valence-electron chi connectivity index (χ4n) is 2.61. The lowest BCUT2D eigenvalue weighted by Gasteiger charge is -2.35. The van der Waals surface area contributed by atoms with Gasteiger partial charge in [0.1, 0.15) is 17.5 Å². The number of halogens is 3. The molecule has 1 atom stereocenters. The number of nitrogens with one attached hydrogen (secondary N) is 1. The lowest BCUT2D eigenvalue weighted by molar-refractivity contribution is 0.165. The van der Waals surface area contributed by atoms with E-state index in [2.05, 4.69) is 11.9 Å². The van der Waals surface area contributed by atoms with Crippen molar-refractivity contribution in [3.63, 3.8) is 0 Å². The summed E-state index contributed by atoms with van der Waals surface area (Å²) < 4.78 is 41.1. The van der Waals surface area contributed by atoms with E-state index < -0.39 is 23.5 Å². The van der Waals surface area contributed by atoms with Crippen LogP contribution in [0.25, 0.3) is 0 Å². The third-order valence-corrected chi connectivity index (χ3v) is 3.51. The molecule has 1 aromatic carbocycles. The van der Waals surface area contributed by atoms with Crippen molar-refractivity contribution >= 4 is 0 Å². The van der Waals surface area contributed by atoms with Crippen LogP contribution in [-0.4, -0.2) is 31.1 Å². The molecule has 0 unspecified atom stereocenters. The van der Waals surface area contributed by atoms with Gasteiger partial charge in [0.05, 0.1) is 0 Å². The number of hydrogen-bond acceptors (Lipinski definition) is 2. The predicted octanol–water partition coefficient (Wildman–Crippen LogP) is 3.02. The van der Waals surface area contributed by atoms with E-state index in [1.807, 2.05) is 11.8 Å². The number of rotatable bonds is 4. The summed E-state index contributed by atoms with van der Waals surface area (Å²) in [5.74, 6) is -2.54. The van der Waals surface area contributed by atoms with Gasteiger partial charge in [0, 0.05) is 49.9 Å². The van der Waals surface area contributed by atoms with Gasteiger partial charge < -0.3 is 5.32 Å². The van der Waals surface area contributed by atoms with Gasteiger partial charge >= 0.3 is 0 Å². The highest BCUT2D eigenvalue weighted by atomic mass is 19.1. The average molecular weight is 284 g/mol. The third-order valence-electron chi connectivity index (χ3n) is 3.51. The van der Waals surface area contributed by atoms with Crippen LogP contribution in [0.5, 0.6) is 0 Å². The summed E-state index contributed by atoms with van der Waals surface area (Å²) in [5, 5.41) is 3.20. The van der Waals surface area contributed by atoms with Crippen LogP contribution in [-0.2, 0) is 0 Å². The van der Waals surface area contributed by atoms with Crippen LogP contribution < -0.4 is 5.32 Å². The smallest absolute Gasteiger partial charge is 0.133 e. The SMILES string of the molecule is C=C(C)C[C@@H](c1c(F)cc(F)cc1F)N1CCNCC1. The van der Waals surface area contributed by atoms with E-state index in [1.54, 1.807) is 0 Å². The molecule has 1 N–H and O–H groups in total. The molecule has 0 radical (unpaired) electrons. The Balaban J connectivity index is 2.37. The van der Waals surface area contributed by atoms with Gasteiger partial charge in [0.2, 0.25) is 0 Å². The molecule has 1 fully saturated rings. The summed E-state index contributed by atoms with van der Waals surface area (Å²) in [6, 6.07) is 1.05. The number of nitrogens with zero attached hydrogens (tertiary/aromatic N) is 1. The first kappa shape index (κ1) is 15.1. The van der Waals surface area contributed by atoms with Gasteiger partial charge in [-0.05, 0) is 13.3 Å². The van der Waals surface area contributed by atoms with Crippen LogP contribution in [0.15, 0.2) is 24.3 Å². The molecule has 1 aliphatic rings. The van der Waals surface area contributed by atoms with Crippen LogP contribution in [0.1, 0.15) is 24.9 Å². The minimum Gasteiger partial charge on any atom is -0.314 e. The summed E-state index contributed by atoms with van der Waals surface area (Å²) in [6.07, 6.45) is 0.458. The van der Waals surface area contributed by atoms with Crippen molar-refractivity contribution in [3.8, 4) is 0 Å². The Bertz CT molecular complexity index is 473. The molecule has 0 spiro atoms. The molecule has 1 saturated heterocycles. The fourth-order valence-corrected chi connectivity index (χ4v) is 2.61. The highest BCUT2D eigenvalue weighted by Gasteiger charge is 2.28. The monoisotopic (exact) mass is 284 g/mol. The van der Waals surface area contributed by atoms with E-state index in [0.717, 1.165) is 30.8 Å². The standard InChI is InChI=1S/C15H19F3N2/c1-10(2)7-14(20-5-3-19-4-6-20)15-12(17)8-11(16)9-13(15)18/h8-9,14,19H,1,3-7H2,2H3/t14-/m0/s1. The van der Waals surface area contributed by atoms with Crippen molar-refractivity contribution in [2.45, 2.75) is 19.4 Å². The lowest BCUT2D eigenvalue weighted by atomic mass is 9.96. The number of piperazine rings is 1. The highest BCUT2D eigenvalue weighted by Crippen LogP contribution is 2.31. The number of hydrogen-bond donors (Lipinski definition) is 1. The van der Waals surface area contributed by atoms with E-state index in [1.165, 1.54) is 0 Å². The molecule has 0 bridgehead atoms. The van der Waals surface area contributed by atoms with Crippen molar-refractivity contribution in [1.29, 1.82) is 0 Å². The van der Waals surface area contributed by atoms with Crippen molar-refractivity contribution in [2.75, 3.05) is 26.2 Å². The predicted molar refractivity (Wildman–Crippen MR) is 72.9 cm³/mol. The molecule has 20 heavy (non-hydrogen) atoms. The normalized spacial score (nSPS) is 18.0. The van der Waals surface area contributed by atoms with Gasteiger partial charge in [-0.1, -0.05) is 5.57 Å². The van der Waals surface area contributed by atoms with Crippen LogP contribution >= 0.6 is 0 Å². The zero-order valence-electron chi connectivity index (χ0n) is 11.6. The molecule has 0 aliphatic carbocycles. The Kier molecular flexibility index (Phi) is 4.83. The second-order valence-electron chi connectivity index (χ2n) is 5.25. The second kappa shape index (κ2) is 6.41. The first-order chi connectivity index (χ1) is 9.49. The van der Waals surface area contributed by atoms with Crippen molar-refractivity contribution in [1.82, 2.24) is 10.2 Å². The van der Waals surface area contributed by atoms with E-state index >= 15 is 0 Å². The summed E-state index contributed by atoms with van der Waals surface area (Å²) in [6.45, 7) is 8.61. The lowest BCUT2D eigenvalue weighted by Crippen LogP contribution is -2.45. The maximum absolute atomic E-state index is 14.0. The topological polar surface area (TPSA) is 15.3 Å². The highest BCUT2D eigenvalue weighted by molar-refractivity contribution is 5.26. The first-order valence-electron chi connectivity index (χ1n) is 6.72. The zero-order valence-corrected chi connectivity index (χ0v) is 11.6. The molecule has 1 aromatic rings. The Morgan fingerprint density at radius 1 is 1.25 bits per heavy atom. The van der Waals surface area contributed by atoms with Gasteiger partial charge in [0.25, 0.3) is 0 Å². The molecular formula is C15H19F3N2. The minimum atomic E-state index is -0.891. The molecule has 110 valence electrons. The first-order valence-corrected chi connectivity index (χ1v) is 6.72. The summed E-state index contributed by atoms with van der Waals surface area (Å²) in [5.41, 5.74) is 0.785. The quantitative estimate of drug-likeness (QED) is 0.855. The van der Waals surface area contributed by atoms with Crippen LogP contribution in [0.4, 0.5) is 13.2 Å². The maximum Gasteiger partial charge on any atom is 0.133 e. The Morgan fingerprint density at radius 3 is 2.30 bits per heavy atom. The molecular weight excluding hydrogens is 265 g/mol. The van der Waals surface area contributed by atoms with E-state index in [0.29, 0.717) is 19.5 Å². The summed E-state index contributed by atoms with van der Waals surface area (Å²) in [7, 11) is 0. The van der Waals surface area contributed by atoms with Crippen LogP contribution in [0, 0.1) is 17.5 Å². The Labute approximate surface area is 117 Å². The Morgan fingerprint density at radius 2 is 1.80 bits per heavy atom. The van der Waals surface area contributed by atoms with E-state index in [9.17, 15) is 13.2 Å². The summed E-state index contributed by atoms with van der Waals surface area (Å²) >= 11 is 0. The molecule has 1 heterocycles. The van der Waals surface area contributed by atoms with Gasteiger partial charge in [-0.15, -0.1) is 6.58 Å². The molecule has 0 saturated carbocycles. The minimum absolute atomic E-state index is 0.0590. The fraction of sp³-hybridized carbons (Fsp3) is 0.467. The van der Waals surface area contributed by atoms with Crippen molar-refractivity contribution in [3.05, 3.63) is 47.3 Å². The van der Waals surface area contributed by atoms with Gasteiger partial charge in [-0.25, -0.2) is 13.2 Å². The Hall–Kier alpha value is -1.33. The van der Waals surface area contributed by atoms with Crippen LogP contribution in [0.3, 0.4) is 0 Å². The molecule has 5 heteroatoms. The van der Waals surface area contributed by atoms with Gasteiger partial charge in [-0.2, -0.15) is 0 Å². The molecule has 0 amide bonds. The van der Waals surface area contributed by atoms with E-state index in [-0.39, 0.29) is 5.56 Å². The second-order valence-corrected chi connectivity index (χ2v) is 5.25. The average Bonchev–Trinajstić information content (AvgIpc) is 2.37. The number of benzene rings is 1. The zero-order chi connectivity index (χ0) is 14.7. The maximum atomic E-state index is 14.0. The van der Waals surface area contributed by atoms with Gasteiger partial charge in [-0.3, -0.25) is 4.90 Å². The molecule has 0 aromatic heterocycles. The molecule has 1 aliphatic heterocycles. The van der Waals surface area contributed by atoms with Crippen molar-refractivity contribution in [2.24, 2.45) is 0 Å². The van der Waals surface area contributed by atoms with E-state index in [4.69, 9.17) is 0 Å².